The lowest BCUT2D eigenvalue weighted by Crippen LogP contribution is -2.36. The van der Waals surface area contributed by atoms with Gasteiger partial charge >= 0.3 is 0 Å². The van der Waals surface area contributed by atoms with Crippen LogP contribution in [-0.2, 0) is 16.8 Å². The Hall–Kier alpha value is -2.29. The number of amides is 1. The maximum atomic E-state index is 12.2. The van der Waals surface area contributed by atoms with Gasteiger partial charge in [0, 0.05) is 6.54 Å². The molecule has 0 bridgehead atoms. The first-order chi connectivity index (χ1) is 11.3. The molecule has 0 aromatic heterocycles. The highest BCUT2D eigenvalue weighted by atomic mass is 16.5. The predicted molar refractivity (Wildman–Crippen MR) is 98.3 cm³/mol. The molecule has 0 aliphatic heterocycles. The van der Waals surface area contributed by atoms with Crippen LogP contribution in [0.3, 0.4) is 0 Å². The van der Waals surface area contributed by atoms with Gasteiger partial charge in [-0.3, -0.25) is 4.79 Å². The average Bonchev–Trinajstić information content (AvgIpc) is 2.53. The smallest absolute Gasteiger partial charge is 0.261 e. The second-order valence-electron chi connectivity index (χ2n) is 7.18. The third-order valence-electron chi connectivity index (χ3n) is 4.12. The number of benzene rings is 2. The molecule has 3 nitrogen and oxygen atoms in total. The Morgan fingerprint density at radius 1 is 1.08 bits per heavy atom. The van der Waals surface area contributed by atoms with Crippen LogP contribution in [0.5, 0.6) is 5.75 Å². The first-order valence-electron chi connectivity index (χ1n) is 8.37. The van der Waals surface area contributed by atoms with Gasteiger partial charge in [-0.15, -0.1) is 0 Å². The fourth-order valence-electron chi connectivity index (χ4n) is 2.43. The largest absolute Gasteiger partial charge is 0.481 e. The molecule has 0 saturated heterocycles. The molecule has 0 saturated carbocycles. The van der Waals surface area contributed by atoms with Gasteiger partial charge in [-0.25, -0.2) is 0 Å². The zero-order chi connectivity index (χ0) is 17.7. The van der Waals surface area contributed by atoms with Gasteiger partial charge < -0.3 is 10.1 Å². The molecule has 1 N–H and O–H groups in total. The van der Waals surface area contributed by atoms with Crippen LogP contribution in [-0.4, -0.2) is 12.0 Å². The van der Waals surface area contributed by atoms with Crippen molar-refractivity contribution in [2.24, 2.45) is 0 Å². The molecule has 0 heterocycles. The molecule has 2 rings (SSSR count). The molecular formula is C21H27NO2. The van der Waals surface area contributed by atoms with Crippen molar-refractivity contribution in [3.8, 4) is 5.75 Å². The summed E-state index contributed by atoms with van der Waals surface area (Å²) in [6.07, 6.45) is -0.533. The van der Waals surface area contributed by atoms with E-state index in [2.05, 4.69) is 26.1 Å². The summed E-state index contributed by atoms with van der Waals surface area (Å²) in [6, 6.07) is 16.0. The van der Waals surface area contributed by atoms with Gasteiger partial charge in [0.25, 0.3) is 5.91 Å². The summed E-state index contributed by atoms with van der Waals surface area (Å²) in [5.74, 6) is 0.597. The second-order valence-corrected chi connectivity index (χ2v) is 7.18. The Morgan fingerprint density at radius 2 is 1.71 bits per heavy atom. The normalized spacial score (nSPS) is 12.5. The highest BCUT2D eigenvalue weighted by Crippen LogP contribution is 2.24. The molecule has 128 valence electrons. The van der Waals surface area contributed by atoms with Crippen molar-refractivity contribution in [1.82, 2.24) is 5.32 Å². The van der Waals surface area contributed by atoms with Crippen molar-refractivity contribution < 1.29 is 9.53 Å². The Bertz CT molecular complexity index is 684. The zero-order valence-corrected chi connectivity index (χ0v) is 15.2. The van der Waals surface area contributed by atoms with Crippen LogP contribution < -0.4 is 10.1 Å². The Balaban J connectivity index is 1.91. The Morgan fingerprint density at radius 3 is 2.29 bits per heavy atom. The van der Waals surface area contributed by atoms with E-state index in [1.165, 1.54) is 11.1 Å². The van der Waals surface area contributed by atoms with E-state index in [4.69, 9.17) is 4.74 Å². The van der Waals surface area contributed by atoms with Crippen LogP contribution >= 0.6 is 0 Å². The van der Waals surface area contributed by atoms with Crippen molar-refractivity contribution in [1.29, 1.82) is 0 Å². The summed E-state index contributed by atoms with van der Waals surface area (Å²) < 4.78 is 5.75. The summed E-state index contributed by atoms with van der Waals surface area (Å²) in [4.78, 5) is 12.2. The van der Waals surface area contributed by atoms with E-state index in [0.717, 1.165) is 5.56 Å². The molecule has 1 atom stereocenters. The van der Waals surface area contributed by atoms with E-state index in [0.29, 0.717) is 12.3 Å². The quantitative estimate of drug-likeness (QED) is 0.886. The van der Waals surface area contributed by atoms with Gasteiger partial charge in [-0.05, 0) is 48.1 Å². The van der Waals surface area contributed by atoms with Crippen molar-refractivity contribution >= 4 is 5.91 Å². The van der Waals surface area contributed by atoms with Gasteiger partial charge in [-0.2, -0.15) is 0 Å². The molecule has 2 aromatic rings. The fraction of sp³-hybridized carbons (Fsp3) is 0.381. The minimum absolute atomic E-state index is 0.106. The van der Waals surface area contributed by atoms with Crippen LogP contribution in [0.15, 0.2) is 48.5 Å². The molecule has 0 aliphatic carbocycles. The number of carbonyl (C=O) groups excluding carboxylic acids is 1. The summed E-state index contributed by atoms with van der Waals surface area (Å²) in [6.45, 7) is 10.8. The number of aryl methyl sites for hydroxylation is 1. The molecule has 0 spiro atoms. The number of hydrogen-bond acceptors (Lipinski definition) is 2. The molecule has 0 radical (unpaired) electrons. The van der Waals surface area contributed by atoms with Crippen LogP contribution in [0.2, 0.25) is 0 Å². The first kappa shape index (κ1) is 18.1. The molecular weight excluding hydrogens is 298 g/mol. The predicted octanol–water partition coefficient (Wildman–Crippen LogP) is 4.38. The lowest BCUT2D eigenvalue weighted by Gasteiger charge is -2.20. The van der Waals surface area contributed by atoms with Crippen LogP contribution in [0.1, 0.15) is 44.4 Å². The minimum Gasteiger partial charge on any atom is -0.481 e. The lowest BCUT2D eigenvalue weighted by atomic mass is 9.87. The first-order valence-corrected chi connectivity index (χ1v) is 8.37. The molecule has 0 fully saturated rings. The van der Waals surface area contributed by atoms with Crippen molar-refractivity contribution in [2.45, 2.75) is 52.7 Å². The number of rotatable bonds is 5. The van der Waals surface area contributed by atoms with Gasteiger partial charge in [0.1, 0.15) is 5.75 Å². The molecule has 1 amide bonds. The highest BCUT2D eigenvalue weighted by molar-refractivity contribution is 5.80. The number of ether oxygens (including phenoxy) is 1. The highest BCUT2D eigenvalue weighted by Gasteiger charge is 2.16. The van der Waals surface area contributed by atoms with E-state index in [9.17, 15) is 4.79 Å². The number of carbonyl (C=O) groups is 1. The van der Waals surface area contributed by atoms with Gasteiger partial charge in [-0.1, -0.05) is 57.2 Å². The average molecular weight is 325 g/mol. The van der Waals surface area contributed by atoms with E-state index < -0.39 is 6.10 Å². The standard InChI is InChI=1S/C21H27NO2/c1-15-8-6-7-9-17(15)14-22-20(23)16(2)24-19-12-10-18(11-13-19)21(3,4)5/h6-13,16H,14H2,1-5H3,(H,22,23). The van der Waals surface area contributed by atoms with Crippen LogP contribution in [0, 0.1) is 6.92 Å². The summed E-state index contributed by atoms with van der Waals surface area (Å²) >= 11 is 0. The molecule has 1 unspecified atom stereocenters. The van der Waals surface area contributed by atoms with Gasteiger partial charge in [0.05, 0.1) is 0 Å². The molecule has 24 heavy (non-hydrogen) atoms. The topological polar surface area (TPSA) is 38.3 Å². The van der Waals surface area contributed by atoms with E-state index in [1.807, 2.05) is 55.5 Å². The maximum absolute atomic E-state index is 12.2. The Kier molecular flexibility index (Phi) is 5.66. The third kappa shape index (κ3) is 4.85. The zero-order valence-electron chi connectivity index (χ0n) is 15.2. The van der Waals surface area contributed by atoms with Crippen molar-refractivity contribution in [3.63, 3.8) is 0 Å². The van der Waals surface area contributed by atoms with Crippen molar-refractivity contribution in [2.75, 3.05) is 0 Å². The minimum atomic E-state index is -0.533. The SMILES string of the molecule is Cc1ccccc1CNC(=O)C(C)Oc1ccc(C(C)(C)C)cc1. The summed E-state index contributed by atoms with van der Waals surface area (Å²) in [7, 11) is 0. The summed E-state index contributed by atoms with van der Waals surface area (Å²) in [5, 5.41) is 2.93. The van der Waals surface area contributed by atoms with Gasteiger partial charge in [0.15, 0.2) is 6.10 Å². The van der Waals surface area contributed by atoms with E-state index in [1.54, 1.807) is 6.92 Å². The Labute approximate surface area is 145 Å². The third-order valence-corrected chi connectivity index (χ3v) is 4.12. The number of nitrogens with one attached hydrogen (secondary N) is 1. The van der Waals surface area contributed by atoms with Gasteiger partial charge in [0.2, 0.25) is 0 Å². The van der Waals surface area contributed by atoms with E-state index >= 15 is 0 Å². The molecule has 3 heteroatoms. The van der Waals surface area contributed by atoms with Crippen LogP contribution in [0.4, 0.5) is 0 Å². The fourth-order valence-corrected chi connectivity index (χ4v) is 2.43. The lowest BCUT2D eigenvalue weighted by molar-refractivity contribution is -0.127. The molecule has 2 aromatic carbocycles. The maximum Gasteiger partial charge on any atom is 0.261 e. The summed E-state index contributed by atoms with van der Waals surface area (Å²) in [5.41, 5.74) is 3.64. The second kappa shape index (κ2) is 7.52. The monoisotopic (exact) mass is 325 g/mol. The molecule has 0 aliphatic rings. The van der Waals surface area contributed by atoms with E-state index in [-0.39, 0.29) is 11.3 Å². The number of hydrogen-bond donors (Lipinski definition) is 1. The van der Waals surface area contributed by atoms with Crippen molar-refractivity contribution in [3.05, 3.63) is 65.2 Å². The van der Waals surface area contributed by atoms with Crippen LogP contribution in [0.25, 0.3) is 0 Å².